The van der Waals surface area contributed by atoms with Gasteiger partial charge in [0, 0.05) is 24.1 Å². The Morgan fingerprint density at radius 3 is 2.39 bits per heavy atom. The predicted molar refractivity (Wildman–Crippen MR) is 140 cm³/mol. The van der Waals surface area contributed by atoms with Crippen LogP contribution >= 0.6 is 0 Å². The van der Waals surface area contributed by atoms with E-state index >= 15 is 0 Å². The molecule has 0 bridgehead atoms. The molecular formula is C29H34FN3O5. The summed E-state index contributed by atoms with van der Waals surface area (Å²) in [5.41, 5.74) is 2.79. The van der Waals surface area contributed by atoms with Crippen LogP contribution < -0.4 is 5.32 Å². The summed E-state index contributed by atoms with van der Waals surface area (Å²) in [6.45, 7) is 4.18. The van der Waals surface area contributed by atoms with Gasteiger partial charge in [-0.05, 0) is 55.0 Å². The van der Waals surface area contributed by atoms with E-state index in [-0.39, 0.29) is 43.2 Å². The highest BCUT2D eigenvalue weighted by Gasteiger charge is 2.40. The van der Waals surface area contributed by atoms with Crippen molar-refractivity contribution in [1.82, 2.24) is 14.9 Å². The lowest BCUT2D eigenvalue weighted by Gasteiger charge is -2.19. The van der Waals surface area contributed by atoms with Crippen molar-refractivity contribution in [2.24, 2.45) is 0 Å². The summed E-state index contributed by atoms with van der Waals surface area (Å²) in [5.74, 6) is -1.16. The number of benzene rings is 2. The SMILES string of the molecule is CC(C)c1c(C(=O)NC2CC2c2ccccc2)nc(-c2ccc(F)cc2)n1CC[C@@H](O)C[C@@H](O)CC(=O)O. The number of aliphatic carboxylic acids is 1. The Kier molecular flexibility index (Phi) is 8.58. The van der Waals surface area contributed by atoms with Gasteiger partial charge in [-0.1, -0.05) is 44.2 Å². The van der Waals surface area contributed by atoms with E-state index in [1.54, 1.807) is 12.1 Å². The van der Waals surface area contributed by atoms with Gasteiger partial charge in [-0.3, -0.25) is 9.59 Å². The number of nitrogens with zero attached hydrogens (tertiary/aromatic N) is 2. The molecule has 0 saturated heterocycles. The summed E-state index contributed by atoms with van der Waals surface area (Å²) in [6, 6.07) is 15.9. The van der Waals surface area contributed by atoms with Crippen molar-refractivity contribution in [3.05, 3.63) is 77.4 Å². The topological polar surface area (TPSA) is 125 Å². The monoisotopic (exact) mass is 523 g/mol. The van der Waals surface area contributed by atoms with Crippen LogP contribution in [0.1, 0.15) is 73.1 Å². The standard InChI is InChI=1S/C29H34FN3O5/c1-17(2)27-26(29(38)31-24-16-23(24)18-6-4-3-5-7-18)32-28(19-8-10-20(30)11-9-19)33(27)13-12-21(34)14-22(35)15-25(36)37/h3-11,17,21-24,34-35H,12-16H2,1-2H3,(H,31,38)(H,36,37)/t21-,22-,23?,24?/m1/s1. The minimum atomic E-state index is -1.16. The Hall–Kier alpha value is -3.56. The Bertz CT molecular complexity index is 1260. The van der Waals surface area contributed by atoms with E-state index in [2.05, 4.69) is 17.4 Å². The molecular weight excluding hydrogens is 489 g/mol. The van der Waals surface area contributed by atoms with Crippen LogP contribution in [0.5, 0.6) is 0 Å². The number of hydrogen-bond donors (Lipinski definition) is 4. The summed E-state index contributed by atoms with van der Waals surface area (Å²) in [5, 5.41) is 32.4. The van der Waals surface area contributed by atoms with E-state index in [1.807, 2.05) is 36.6 Å². The van der Waals surface area contributed by atoms with Gasteiger partial charge in [0.2, 0.25) is 0 Å². The van der Waals surface area contributed by atoms with Gasteiger partial charge in [-0.15, -0.1) is 0 Å². The number of nitrogens with one attached hydrogen (secondary N) is 1. The zero-order valence-electron chi connectivity index (χ0n) is 21.5. The second-order valence-corrected chi connectivity index (χ2v) is 10.2. The quantitative estimate of drug-likeness (QED) is 0.284. The minimum absolute atomic E-state index is 0.0156. The zero-order valence-corrected chi connectivity index (χ0v) is 21.5. The molecule has 38 heavy (non-hydrogen) atoms. The predicted octanol–water partition coefficient (Wildman–Crippen LogP) is 4.08. The molecule has 1 aliphatic carbocycles. The van der Waals surface area contributed by atoms with Gasteiger partial charge in [0.1, 0.15) is 17.3 Å². The largest absolute Gasteiger partial charge is 0.481 e. The highest BCUT2D eigenvalue weighted by molar-refractivity contribution is 5.95. The number of carboxylic acid groups (broad SMARTS) is 1. The summed E-state index contributed by atoms with van der Waals surface area (Å²) in [6.07, 6.45) is -1.59. The first kappa shape index (κ1) is 27.5. The molecule has 0 radical (unpaired) electrons. The third-order valence-corrected chi connectivity index (χ3v) is 6.85. The van der Waals surface area contributed by atoms with Crippen molar-refractivity contribution < 1.29 is 29.3 Å². The van der Waals surface area contributed by atoms with Crippen LogP contribution in [0.25, 0.3) is 11.4 Å². The van der Waals surface area contributed by atoms with Crippen LogP contribution in [-0.4, -0.2) is 55.0 Å². The fourth-order valence-corrected chi connectivity index (χ4v) is 4.92. The molecule has 1 aliphatic rings. The molecule has 1 saturated carbocycles. The molecule has 2 unspecified atom stereocenters. The second-order valence-electron chi connectivity index (χ2n) is 10.2. The molecule has 3 aromatic rings. The van der Waals surface area contributed by atoms with Gasteiger partial charge in [-0.2, -0.15) is 0 Å². The lowest BCUT2D eigenvalue weighted by atomic mass is 10.0. The number of aliphatic hydroxyl groups is 2. The van der Waals surface area contributed by atoms with E-state index in [4.69, 9.17) is 10.1 Å². The zero-order chi connectivity index (χ0) is 27.4. The Labute approximate surface area is 221 Å². The van der Waals surface area contributed by atoms with Crippen molar-refractivity contribution >= 4 is 11.9 Å². The second kappa shape index (κ2) is 11.9. The van der Waals surface area contributed by atoms with Crippen molar-refractivity contribution in [2.45, 2.75) is 76.2 Å². The smallest absolute Gasteiger partial charge is 0.305 e. The molecule has 4 N–H and O–H groups in total. The maximum Gasteiger partial charge on any atom is 0.305 e. The molecule has 1 amide bonds. The summed E-state index contributed by atoms with van der Waals surface area (Å²) < 4.78 is 15.5. The third kappa shape index (κ3) is 6.65. The van der Waals surface area contributed by atoms with Gasteiger partial charge in [0.15, 0.2) is 0 Å². The molecule has 202 valence electrons. The minimum Gasteiger partial charge on any atom is -0.481 e. The number of rotatable bonds is 12. The third-order valence-electron chi connectivity index (χ3n) is 6.85. The highest BCUT2D eigenvalue weighted by Crippen LogP contribution is 2.41. The molecule has 8 nitrogen and oxygen atoms in total. The number of aliphatic hydroxyl groups excluding tert-OH is 2. The van der Waals surface area contributed by atoms with Gasteiger partial charge < -0.3 is 25.2 Å². The van der Waals surface area contributed by atoms with Crippen molar-refractivity contribution in [1.29, 1.82) is 0 Å². The summed E-state index contributed by atoms with van der Waals surface area (Å²) >= 11 is 0. The molecule has 4 rings (SSSR count). The fraction of sp³-hybridized carbons (Fsp3) is 0.414. The molecule has 1 fully saturated rings. The molecule has 0 spiro atoms. The number of amides is 1. The average molecular weight is 524 g/mol. The molecule has 2 aromatic carbocycles. The first-order valence-corrected chi connectivity index (χ1v) is 12.9. The molecule has 1 aromatic heterocycles. The fourth-order valence-electron chi connectivity index (χ4n) is 4.92. The Morgan fingerprint density at radius 1 is 1.08 bits per heavy atom. The number of hydrogen-bond acceptors (Lipinski definition) is 5. The van der Waals surface area contributed by atoms with E-state index in [9.17, 15) is 24.2 Å². The normalized spacial score (nSPS) is 18.3. The average Bonchev–Trinajstić information content (AvgIpc) is 3.52. The van der Waals surface area contributed by atoms with Crippen LogP contribution in [0.15, 0.2) is 54.6 Å². The lowest BCUT2D eigenvalue weighted by Crippen LogP contribution is -2.28. The van der Waals surface area contributed by atoms with Crippen LogP contribution in [0.2, 0.25) is 0 Å². The van der Waals surface area contributed by atoms with Crippen LogP contribution in [0, 0.1) is 5.82 Å². The van der Waals surface area contributed by atoms with E-state index in [0.717, 1.165) is 6.42 Å². The van der Waals surface area contributed by atoms with Gasteiger partial charge in [0.05, 0.1) is 24.3 Å². The van der Waals surface area contributed by atoms with Crippen molar-refractivity contribution in [3.63, 3.8) is 0 Å². The first-order valence-electron chi connectivity index (χ1n) is 12.9. The van der Waals surface area contributed by atoms with Crippen molar-refractivity contribution in [2.75, 3.05) is 0 Å². The summed E-state index contributed by atoms with van der Waals surface area (Å²) in [7, 11) is 0. The van der Waals surface area contributed by atoms with Gasteiger partial charge in [0.25, 0.3) is 5.91 Å². The van der Waals surface area contributed by atoms with Crippen LogP contribution in [0.3, 0.4) is 0 Å². The number of carbonyl (C=O) groups is 2. The number of imidazole rings is 1. The van der Waals surface area contributed by atoms with Gasteiger partial charge >= 0.3 is 5.97 Å². The number of aromatic nitrogens is 2. The van der Waals surface area contributed by atoms with Crippen molar-refractivity contribution in [3.8, 4) is 11.4 Å². The van der Waals surface area contributed by atoms with E-state index < -0.39 is 30.4 Å². The summed E-state index contributed by atoms with van der Waals surface area (Å²) in [4.78, 5) is 29.0. The number of halogens is 1. The lowest BCUT2D eigenvalue weighted by molar-refractivity contribution is -0.139. The Balaban J connectivity index is 1.59. The Morgan fingerprint density at radius 2 is 1.76 bits per heavy atom. The molecule has 4 atom stereocenters. The van der Waals surface area contributed by atoms with E-state index in [0.29, 0.717) is 22.8 Å². The van der Waals surface area contributed by atoms with E-state index in [1.165, 1.54) is 17.7 Å². The van der Waals surface area contributed by atoms with Crippen LogP contribution in [0.4, 0.5) is 4.39 Å². The molecule has 1 heterocycles. The maximum atomic E-state index is 13.6. The molecule has 0 aliphatic heterocycles. The first-order chi connectivity index (χ1) is 18.1. The number of carbonyl (C=O) groups excluding carboxylic acids is 1. The number of carboxylic acids is 1. The maximum absolute atomic E-state index is 13.6. The van der Waals surface area contributed by atoms with Gasteiger partial charge in [-0.25, -0.2) is 9.37 Å². The van der Waals surface area contributed by atoms with Crippen LogP contribution in [-0.2, 0) is 11.3 Å². The highest BCUT2D eigenvalue weighted by atomic mass is 19.1. The molecule has 9 heteroatoms.